The number of benzene rings is 2. The van der Waals surface area contributed by atoms with Crippen LogP contribution in [-0.2, 0) is 21.3 Å². The van der Waals surface area contributed by atoms with Crippen LogP contribution >= 0.6 is 34.5 Å². The minimum absolute atomic E-state index is 0.250. The largest absolute Gasteiger partial charge is 0.379 e. The second kappa shape index (κ2) is 9.91. The number of hydrogen-bond donors (Lipinski definition) is 0. The molecule has 0 bridgehead atoms. The molecule has 2 heterocycles. The molecule has 3 aromatic rings. The number of sulfonamides is 1. The first-order valence-electron chi connectivity index (χ1n) is 9.87. The van der Waals surface area contributed by atoms with Gasteiger partial charge < -0.3 is 9.30 Å². The highest BCUT2D eigenvalue weighted by molar-refractivity contribution is 7.89. The number of rotatable bonds is 6. The SMILES string of the molecule is C=CCn1c(-c2ccc(Cl)c(Cl)c2)csc1=Nc1ccc(S(=O)(=O)N2CCOCC2)cc1. The maximum atomic E-state index is 12.8. The minimum atomic E-state index is -3.54. The van der Waals surface area contributed by atoms with Crippen molar-refractivity contribution in [2.75, 3.05) is 26.3 Å². The van der Waals surface area contributed by atoms with Gasteiger partial charge in [0.1, 0.15) is 0 Å². The molecule has 0 atom stereocenters. The summed E-state index contributed by atoms with van der Waals surface area (Å²) in [5, 5.41) is 2.98. The number of aromatic nitrogens is 1. The van der Waals surface area contributed by atoms with Gasteiger partial charge in [0.2, 0.25) is 10.0 Å². The molecule has 6 nitrogen and oxygen atoms in total. The fourth-order valence-electron chi connectivity index (χ4n) is 3.35. The number of morpholine rings is 1. The molecule has 0 unspecified atom stereocenters. The lowest BCUT2D eigenvalue weighted by Gasteiger charge is -2.26. The van der Waals surface area contributed by atoms with Crippen LogP contribution in [-0.4, -0.2) is 43.6 Å². The molecule has 1 aliphatic rings. The van der Waals surface area contributed by atoms with Crippen molar-refractivity contribution in [2.45, 2.75) is 11.4 Å². The molecule has 4 rings (SSSR count). The molecule has 1 aromatic heterocycles. The molecule has 10 heteroatoms. The summed E-state index contributed by atoms with van der Waals surface area (Å²) in [5.41, 5.74) is 2.52. The Kier molecular flexibility index (Phi) is 7.19. The second-order valence-corrected chi connectivity index (χ2v) is 10.6. The normalized spacial score (nSPS) is 15.8. The molecular formula is C22H21Cl2N3O3S2. The number of thiazole rings is 1. The second-order valence-electron chi connectivity index (χ2n) is 7.05. The number of ether oxygens (including phenoxy) is 1. The van der Waals surface area contributed by atoms with Gasteiger partial charge >= 0.3 is 0 Å². The molecule has 1 fully saturated rings. The molecule has 168 valence electrons. The smallest absolute Gasteiger partial charge is 0.243 e. The highest BCUT2D eigenvalue weighted by atomic mass is 35.5. The summed E-state index contributed by atoms with van der Waals surface area (Å²) >= 11 is 13.7. The Labute approximate surface area is 201 Å². The van der Waals surface area contributed by atoms with Gasteiger partial charge in [0.05, 0.1) is 39.5 Å². The van der Waals surface area contributed by atoms with Gasteiger partial charge in [-0.15, -0.1) is 17.9 Å². The first kappa shape index (κ1) is 23.2. The Morgan fingerprint density at radius 2 is 1.81 bits per heavy atom. The Bertz CT molecular complexity index is 1290. The first-order chi connectivity index (χ1) is 15.4. The molecule has 1 saturated heterocycles. The molecule has 0 amide bonds. The maximum absolute atomic E-state index is 12.8. The zero-order chi connectivity index (χ0) is 22.7. The fourth-order valence-corrected chi connectivity index (χ4v) is 5.99. The van der Waals surface area contributed by atoms with Gasteiger partial charge in [0.25, 0.3) is 0 Å². The van der Waals surface area contributed by atoms with Crippen molar-refractivity contribution in [3.05, 3.63) is 75.3 Å². The van der Waals surface area contributed by atoms with E-state index in [0.29, 0.717) is 48.6 Å². The monoisotopic (exact) mass is 509 g/mol. The first-order valence-corrected chi connectivity index (χ1v) is 12.9. The van der Waals surface area contributed by atoms with E-state index in [1.807, 2.05) is 22.1 Å². The number of hydrogen-bond acceptors (Lipinski definition) is 5. The van der Waals surface area contributed by atoms with Crippen LogP contribution in [0.5, 0.6) is 0 Å². The molecular weight excluding hydrogens is 489 g/mol. The molecule has 0 saturated carbocycles. The summed E-state index contributed by atoms with van der Waals surface area (Å²) in [5.74, 6) is 0. The zero-order valence-corrected chi connectivity index (χ0v) is 20.2. The van der Waals surface area contributed by atoms with Crippen molar-refractivity contribution in [2.24, 2.45) is 4.99 Å². The van der Waals surface area contributed by atoms with E-state index in [4.69, 9.17) is 32.9 Å². The Balaban J connectivity index is 1.67. The van der Waals surface area contributed by atoms with Crippen LogP contribution in [0.1, 0.15) is 0 Å². The third-order valence-electron chi connectivity index (χ3n) is 4.99. The van der Waals surface area contributed by atoms with E-state index < -0.39 is 10.0 Å². The maximum Gasteiger partial charge on any atom is 0.243 e. The van der Waals surface area contributed by atoms with Crippen molar-refractivity contribution < 1.29 is 13.2 Å². The van der Waals surface area contributed by atoms with Crippen LogP contribution in [0, 0.1) is 0 Å². The molecule has 0 spiro atoms. The van der Waals surface area contributed by atoms with Gasteiger partial charge in [-0.1, -0.05) is 35.3 Å². The summed E-state index contributed by atoms with van der Waals surface area (Å²) in [6.07, 6.45) is 1.80. The lowest BCUT2D eigenvalue weighted by molar-refractivity contribution is 0.0730. The average molecular weight is 510 g/mol. The van der Waals surface area contributed by atoms with E-state index in [1.165, 1.54) is 15.6 Å². The quantitative estimate of drug-likeness (QED) is 0.441. The summed E-state index contributed by atoms with van der Waals surface area (Å²) in [4.78, 5) is 5.74. The van der Waals surface area contributed by atoms with Crippen molar-refractivity contribution in [3.8, 4) is 11.3 Å². The van der Waals surface area contributed by atoms with E-state index in [0.717, 1.165) is 16.1 Å². The summed E-state index contributed by atoms with van der Waals surface area (Å²) in [6, 6.07) is 12.1. The topological polar surface area (TPSA) is 63.9 Å². The molecule has 1 aliphatic heterocycles. The predicted molar refractivity (Wildman–Crippen MR) is 129 cm³/mol. The Morgan fingerprint density at radius 1 is 1.09 bits per heavy atom. The van der Waals surface area contributed by atoms with Crippen molar-refractivity contribution in [1.29, 1.82) is 0 Å². The van der Waals surface area contributed by atoms with Crippen molar-refractivity contribution in [3.63, 3.8) is 0 Å². The number of allylic oxidation sites excluding steroid dienone is 1. The van der Waals surface area contributed by atoms with E-state index in [-0.39, 0.29) is 4.90 Å². The van der Waals surface area contributed by atoms with Gasteiger partial charge in [0.15, 0.2) is 4.80 Å². The standard InChI is InChI=1S/C22H21Cl2N3O3S2/c1-2-9-27-21(16-3-8-19(23)20(24)14-16)15-31-22(27)25-17-4-6-18(7-5-17)32(28,29)26-10-12-30-13-11-26/h2-8,14-15H,1,9-13H2. The third-order valence-corrected chi connectivity index (χ3v) is 8.51. The number of halogens is 2. The van der Waals surface area contributed by atoms with Gasteiger partial charge in [-0.3, -0.25) is 0 Å². The van der Waals surface area contributed by atoms with E-state index in [9.17, 15) is 8.42 Å². The highest BCUT2D eigenvalue weighted by Gasteiger charge is 2.26. The number of nitrogens with zero attached hydrogens (tertiary/aromatic N) is 3. The Hall–Kier alpha value is -1.94. The third kappa shape index (κ3) is 4.85. The summed E-state index contributed by atoms with van der Waals surface area (Å²) < 4.78 is 34.4. The lowest BCUT2D eigenvalue weighted by atomic mass is 10.2. The van der Waals surface area contributed by atoms with E-state index >= 15 is 0 Å². The zero-order valence-electron chi connectivity index (χ0n) is 17.1. The molecule has 32 heavy (non-hydrogen) atoms. The van der Waals surface area contributed by atoms with Gasteiger partial charge in [-0.2, -0.15) is 4.31 Å². The van der Waals surface area contributed by atoms with Crippen LogP contribution in [0.3, 0.4) is 0 Å². The molecule has 2 aromatic carbocycles. The van der Waals surface area contributed by atoms with Crippen LogP contribution in [0.15, 0.2) is 70.4 Å². The van der Waals surface area contributed by atoms with Gasteiger partial charge in [-0.25, -0.2) is 13.4 Å². The van der Waals surface area contributed by atoms with Crippen LogP contribution in [0.4, 0.5) is 5.69 Å². The van der Waals surface area contributed by atoms with Gasteiger partial charge in [0, 0.05) is 30.6 Å². The molecule has 0 radical (unpaired) electrons. The molecule has 0 N–H and O–H groups in total. The lowest BCUT2D eigenvalue weighted by Crippen LogP contribution is -2.40. The summed E-state index contributed by atoms with van der Waals surface area (Å²) in [7, 11) is -3.54. The van der Waals surface area contributed by atoms with Crippen LogP contribution in [0.25, 0.3) is 11.3 Å². The average Bonchev–Trinajstić information content (AvgIpc) is 3.19. The predicted octanol–water partition coefficient (Wildman–Crippen LogP) is 4.96. The molecule has 0 aliphatic carbocycles. The van der Waals surface area contributed by atoms with Crippen LogP contribution in [0.2, 0.25) is 10.0 Å². The van der Waals surface area contributed by atoms with E-state index in [2.05, 4.69) is 6.58 Å². The van der Waals surface area contributed by atoms with Crippen LogP contribution < -0.4 is 4.80 Å². The van der Waals surface area contributed by atoms with Gasteiger partial charge in [-0.05, 0) is 36.4 Å². The summed E-state index contributed by atoms with van der Waals surface area (Å²) in [6.45, 7) is 5.96. The fraction of sp³-hybridized carbons (Fsp3) is 0.227. The minimum Gasteiger partial charge on any atom is -0.379 e. The van der Waals surface area contributed by atoms with Crippen molar-refractivity contribution >= 4 is 50.2 Å². The van der Waals surface area contributed by atoms with Crippen molar-refractivity contribution in [1.82, 2.24) is 8.87 Å². The van der Waals surface area contributed by atoms with E-state index in [1.54, 1.807) is 36.4 Å². The Morgan fingerprint density at radius 3 is 2.47 bits per heavy atom. The highest BCUT2D eigenvalue weighted by Crippen LogP contribution is 2.29.